The van der Waals surface area contributed by atoms with Crippen molar-refractivity contribution in [3.05, 3.63) is 31.8 Å². The van der Waals surface area contributed by atoms with Crippen LogP contribution in [0.5, 0.6) is 0 Å². The number of nitrogens with one attached hydrogen (secondary N) is 1. The first-order valence-corrected chi connectivity index (χ1v) is 6.50. The Balaban J connectivity index is 2.75. The van der Waals surface area contributed by atoms with Crippen LogP contribution in [0.4, 0.5) is 17.6 Å². The van der Waals surface area contributed by atoms with Gasteiger partial charge in [-0.1, -0.05) is 0 Å². The predicted octanol–water partition coefficient (Wildman–Crippen LogP) is 3.68. The van der Waals surface area contributed by atoms with Crippen molar-refractivity contribution < 1.29 is 22.4 Å². The maximum atomic E-state index is 12.6. The molecule has 0 heterocycles. The minimum absolute atomic E-state index is 0.118. The SMILES string of the molecule is O=C(NCC(F)(F)C(F)F)c1cc(I)ccc1Br. The summed E-state index contributed by atoms with van der Waals surface area (Å²) < 4.78 is 50.2. The molecule has 0 bridgehead atoms. The molecule has 18 heavy (non-hydrogen) atoms. The molecule has 1 N–H and O–H groups in total. The Bertz CT molecular complexity index is 456. The molecule has 1 rings (SSSR count). The second-order valence-electron chi connectivity index (χ2n) is 3.37. The van der Waals surface area contributed by atoms with Gasteiger partial charge in [0.25, 0.3) is 5.91 Å². The summed E-state index contributed by atoms with van der Waals surface area (Å²) in [5.74, 6) is -5.06. The smallest absolute Gasteiger partial charge is 0.324 e. The lowest BCUT2D eigenvalue weighted by Gasteiger charge is -2.16. The van der Waals surface area contributed by atoms with Gasteiger partial charge in [-0.3, -0.25) is 4.79 Å². The second kappa shape index (κ2) is 6.18. The summed E-state index contributed by atoms with van der Waals surface area (Å²) in [6, 6.07) is 4.73. The predicted molar refractivity (Wildman–Crippen MR) is 70.1 cm³/mol. The third kappa shape index (κ3) is 4.08. The van der Waals surface area contributed by atoms with Crippen LogP contribution in [0.1, 0.15) is 10.4 Å². The van der Waals surface area contributed by atoms with E-state index < -0.39 is 24.8 Å². The molecular weight excluding hydrogens is 433 g/mol. The monoisotopic (exact) mass is 439 g/mol. The molecule has 8 heteroatoms. The highest BCUT2D eigenvalue weighted by Crippen LogP contribution is 2.23. The Morgan fingerprint density at radius 3 is 2.61 bits per heavy atom. The first kappa shape index (κ1) is 15.7. The number of amides is 1. The van der Waals surface area contributed by atoms with E-state index in [1.165, 1.54) is 6.07 Å². The molecule has 0 aliphatic carbocycles. The van der Waals surface area contributed by atoms with E-state index in [2.05, 4.69) is 15.9 Å². The quantitative estimate of drug-likeness (QED) is 0.562. The van der Waals surface area contributed by atoms with Crippen molar-refractivity contribution in [3.63, 3.8) is 0 Å². The highest BCUT2D eigenvalue weighted by molar-refractivity contribution is 14.1. The fourth-order valence-corrected chi connectivity index (χ4v) is 1.96. The van der Waals surface area contributed by atoms with Gasteiger partial charge in [-0.2, -0.15) is 8.78 Å². The minimum Gasteiger partial charge on any atom is -0.346 e. The molecule has 0 radical (unpaired) electrons. The Kier molecular flexibility index (Phi) is 5.38. The van der Waals surface area contributed by atoms with Gasteiger partial charge in [0.05, 0.1) is 12.1 Å². The lowest BCUT2D eigenvalue weighted by atomic mass is 10.2. The number of benzene rings is 1. The van der Waals surface area contributed by atoms with Gasteiger partial charge in [0.15, 0.2) is 0 Å². The van der Waals surface area contributed by atoms with Gasteiger partial charge in [-0.15, -0.1) is 0 Å². The largest absolute Gasteiger partial charge is 0.346 e. The Morgan fingerprint density at radius 2 is 2.06 bits per heavy atom. The van der Waals surface area contributed by atoms with Crippen molar-refractivity contribution in [2.45, 2.75) is 12.3 Å². The van der Waals surface area contributed by atoms with E-state index in [0.29, 0.717) is 4.47 Å². The molecule has 0 atom stereocenters. The molecule has 0 aromatic heterocycles. The zero-order valence-electron chi connectivity index (χ0n) is 8.69. The van der Waals surface area contributed by atoms with E-state index in [4.69, 9.17) is 0 Å². The summed E-state index contributed by atoms with van der Waals surface area (Å²) in [7, 11) is 0. The lowest BCUT2D eigenvalue weighted by molar-refractivity contribution is -0.123. The number of hydrogen-bond acceptors (Lipinski definition) is 1. The topological polar surface area (TPSA) is 29.1 Å². The van der Waals surface area contributed by atoms with E-state index in [-0.39, 0.29) is 5.56 Å². The van der Waals surface area contributed by atoms with Crippen molar-refractivity contribution in [2.24, 2.45) is 0 Å². The van der Waals surface area contributed by atoms with Gasteiger partial charge in [0.2, 0.25) is 0 Å². The van der Waals surface area contributed by atoms with Gasteiger partial charge >= 0.3 is 12.3 Å². The molecule has 1 aromatic carbocycles. The van der Waals surface area contributed by atoms with Crippen LogP contribution >= 0.6 is 38.5 Å². The van der Waals surface area contributed by atoms with Gasteiger partial charge in [0, 0.05) is 8.04 Å². The van der Waals surface area contributed by atoms with Gasteiger partial charge in [0.1, 0.15) is 0 Å². The van der Waals surface area contributed by atoms with Crippen LogP contribution in [-0.4, -0.2) is 24.8 Å². The molecule has 1 amide bonds. The normalized spacial score (nSPS) is 11.7. The average Bonchev–Trinajstić information content (AvgIpc) is 2.29. The summed E-state index contributed by atoms with van der Waals surface area (Å²) in [5.41, 5.74) is 0.118. The summed E-state index contributed by atoms with van der Waals surface area (Å²) in [5, 5.41) is 1.79. The number of carbonyl (C=O) groups excluding carboxylic acids is 1. The zero-order chi connectivity index (χ0) is 13.9. The summed E-state index contributed by atoms with van der Waals surface area (Å²) >= 11 is 5.02. The minimum atomic E-state index is -4.23. The zero-order valence-corrected chi connectivity index (χ0v) is 12.4. The fraction of sp³-hybridized carbons (Fsp3) is 0.300. The third-order valence-electron chi connectivity index (χ3n) is 1.98. The Hall–Kier alpha value is -0.380. The van der Waals surface area contributed by atoms with E-state index in [9.17, 15) is 22.4 Å². The number of rotatable bonds is 4. The first-order chi connectivity index (χ1) is 8.24. The highest BCUT2D eigenvalue weighted by atomic mass is 127. The lowest BCUT2D eigenvalue weighted by Crippen LogP contribution is -2.41. The van der Waals surface area contributed by atoms with Crippen molar-refractivity contribution in [1.82, 2.24) is 5.32 Å². The van der Waals surface area contributed by atoms with E-state index >= 15 is 0 Å². The number of alkyl halides is 4. The molecule has 0 saturated carbocycles. The van der Waals surface area contributed by atoms with Crippen LogP contribution in [-0.2, 0) is 0 Å². The highest BCUT2D eigenvalue weighted by Gasteiger charge is 2.40. The van der Waals surface area contributed by atoms with Crippen LogP contribution in [0.25, 0.3) is 0 Å². The van der Waals surface area contributed by atoms with Crippen molar-refractivity contribution in [2.75, 3.05) is 6.54 Å². The van der Waals surface area contributed by atoms with Gasteiger partial charge < -0.3 is 5.32 Å². The summed E-state index contributed by atoms with van der Waals surface area (Å²) in [6.07, 6.45) is -3.81. The van der Waals surface area contributed by atoms with Crippen molar-refractivity contribution in [3.8, 4) is 0 Å². The molecule has 0 fully saturated rings. The van der Waals surface area contributed by atoms with Crippen LogP contribution in [0, 0.1) is 3.57 Å². The van der Waals surface area contributed by atoms with Gasteiger partial charge in [-0.25, -0.2) is 8.78 Å². The number of hydrogen-bond donors (Lipinski definition) is 1. The van der Waals surface area contributed by atoms with Crippen LogP contribution < -0.4 is 5.32 Å². The summed E-state index contributed by atoms with van der Waals surface area (Å²) in [6.45, 7) is -1.40. The maximum absolute atomic E-state index is 12.6. The van der Waals surface area contributed by atoms with E-state index in [1.54, 1.807) is 17.4 Å². The standard InChI is InChI=1S/C10H7BrF4INO/c11-7-2-1-5(16)3-6(7)8(18)17-4-10(14,15)9(12)13/h1-3,9H,4H2,(H,17,18). The number of carbonyl (C=O) groups is 1. The van der Waals surface area contributed by atoms with Crippen molar-refractivity contribution in [1.29, 1.82) is 0 Å². The fourth-order valence-electron chi connectivity index (χ4n) is 1.04. The number of halogens is 6. The van der Waals surface area contributed by atoms with Gasteiger partial charge in [-0.05, 0) is 56.7 Å². The summed E-state index contributed by atoms with van der Waals surface area (Å²) in [4.78, 5) is 11.6. The molecule has 100 valence electrons. The van der Waals surface area contributed by atoms with Crippen LogP contribution in [0.2, 0.25) is 0 Å². The molecule has 0 aliphatic heterocycles. The van der Waals surface area contributed by atoms with Crippen LogP contribution in [0.15, 0.2) is 22.7 Å². The Labute approximate surface area is 122 Å². The van der Waals surface area contributed by atoms with E-state index in [0.717, 1.165) is 3.57 Å². The molecule has 1 aromatic rings. The molecular formula is C10H7BrF4INO. The third-order valence-corrected chi connectivity index (χ3v) is 3.34. The molecule has 0 spiro atoms. The second-order valence-corrected chi connectivity index (χ2v) is 5.47. The molecule has 0 aliphatic rings. The molecule has 0 unspecified atom stereocenters. The Morgan fingerprint density at radius 1 is 1.44 bits per heavy atom. The van der Waals surface area contributed by atoms with E-state index in [1.807, 2.05) is 22.6 Å². The maximum Gasteiger partial charge on any atom is 0.324 e. The first-order valence-electron chi connectivity index (χ1n) is 4.63. The average molecular weight is 440 g/mol. The molecule has 0 saturated heterocycles. The van der Waals surface area contributed by atoms with Crippen LogP contribution in [0.3, 0.4) is 0 Å². The molecule has 2 nitrogen and oxygen atoms in total. The van der Waals surface area contributed by atoms with Crippen molar-refractivity contribution >= 4 is 44.4 Å².